The number of nitrogens with one attached hydrogen (secondary N) is 1. The molecule has 1 N–H and O–H groups in total. The second-order valence-electron chi connectivity index (χ2n) is 2.86. The van der Waals surface area contributed by atoms with Crippen molar-refractivity contribution in [3.8, 4) is 0 Å². The number of hydrogen-bond donors (Lipinski definition) is 1. The lowest BCUT2D eigenvalue weighted by Gasteiger charge is -2.28. The van der Waals surface area contributed by atoms with Gasteiger partial charge in [0.2, 0.25) is 6.41 Å². The van der Waals surface area contributed by atoms with Gasteiger partial charge < -0.3 is 10.2 Å². The topological polar surface area (TPSA) is 32.3 Å². The molecule has 58 valence electrons. The predicted octanol–water partition coefficient (Wildman–Crippen LogP) is -0.173. The monoisotopic (exact) mass is 142 g/mol. The average Bonchev–Trinajstić information content (AvgIpc) is 1.95. The SMILES string of the molecule is CN1CCC(NC=O)CC1. The summed E-state index contributed by atoms with van der Waals surface area (Å²) in [6.45, 7) is 2.21. The molecule has 1 amide bonds. The van der Waals surface area contributed by atoms with E-state index in [1.54, 1.807) is 0 Å². The molecule has 1 saturated heterocycles. The number of carbonyl (C=O) groups is 1. The molecule has 1 fully saturated rings. The van der Waals surface area contributed by atoms with Crippen LogP contribution in [0.15, 0.2) is 0 Å². The quantitative estimate of drug-likeness (QED) is 0.543. The Hall–Kier alpha value is -0.570. The average molecular weight is 142 g/mol. The molecule has 0 saturated carbocycles. The zero-order valence-electron chi connectivity index (χ0n) is 6.34. The molecule has 0 radical (unpaired) electrons. The van der Waals surface area contributed by atoms with Gasteiger partial charge in [-0.3, -0.25) is 4.79 Å². The van der Waals surface area contributed by atoms with Crippen molar-refractivity contribution in [3.05, 3.63) is 0 Å². The van der Waals surface area contributed by atoms with Gasteiger partial charge >= 0.3 is 0 Å². The summed E-state index contributed by atoms with van der Waals surface area (Å²) in [7, 11) is 2.11. The van der Waals surface area contributed by atoms with E-state index in [1.165, 1.54) is 0 Å². The molecule has 1 heterocycles. The molecule has 1 aliphatic rings. The number of hydrogen-bond acceptors (Lipinski definition) is 2. The molecule has 1 rings (SSSR count). The Bertz CT molecular complexity index is 108. The zero-order valence-corrected chi connectivity index (χ0v) is 6.34. The molecule has 0 atom stereocenters. The number of likely N-dealkylation sites (tertiary alicyclic amines) is 1. The fourth-order valence-electron chi connectivity index (χ4n) is 1.27. The van der Waals surface area contributed by atoms with E-state index in [1.807, 2.05) is 0 Å². The van der Waals surface area contributed by atoms with Crippen LogP contribution in [0.2, 0.25) is 0 Å². The van der Waals surface area contributed by atoms with E-state index in [9.17, 15) is 4.79 Å². The highest BCUT2D eigenvalue weighted by Crippen LogP contribution is 2.06. The molecule has 3 nitrogen and oxygen atoms in total. The maximum atomic E-state index is 10.0. The van der Waals surface area contributed by atoms with E-state index in [2.05, 4.69) is 17.3 Å². The predicted molar refractivity (Wildman–Crippen MR) is 39.7 cm³/mol. The van der Waals surface area contributed by atoms with Crippen LogP contribution in [0.25, 0.3) is 0 Å². The summed E-state index contributed by atoms with van der Waals surface area (Å²) in [4.78, 5) is 12.3. The highest BCUT2D eigenvalue weighted by Gasteiger charge is 2.14. The lowest BCUT2D eigenvalue weighted by Crippen LogP contribution is -2.40. The zero-order chi connectivity index (χ0) is 7.40. The second-order valence-corrected chi connectivity index (χ2v) is 2.86. The van der Waals surface area contributed by atoms with Gasteiger partial charge in [-0.1, -0.05) is 0 Å². The van der Waals surface area contributed by atoms with Crippen LogP contribution in [0.4, 0.5) is 0 Å². The third-order valence-electron chi connectivity index (χ3n) is 2.02. The van der Waals surface area contributed by atoms with E-state index < -0.39 is 0 Å². The summed E-state index contributed by atoms with van der Waals surface area (Å²) in [6.07, 6.45) is 2.99. The highest BCUT2D eigenvalue weighted by atomic mass is 16.1. The molecular weight excluding hydrogens is 128 g/mol. The van der Waals surface area contributed by atoms with Crippen LogP contribution in [0, 0.1) is 0 Å². The van der Waals surface area contributed by atoms with Gasteiger partial charge in [0.05, 0.1) is 0 Å². The van der Waals surface area contributed by atoms with Gasteiger partial charge in [0.1, 0.15) is 0 Å². The fourth-order valence-corrected chi connectivity index (χ4v) is 1.27. The van der Waals surface area contributed by atoms with E-state index >= 15 is 0 Å². The number of carbonyl (C=O) groups excluding carboxylic acids is 1. The Balaban J connectivity index is 2.19. The van der Waals surface area contributed by atoms with Crippen molar-refractivity contribution in [2.75, 3.05) is 20.1 Å². The van der Waals surface area contributed by atoms with Gasteiger partial charge in [-0.05, 0) is 33.0 Å². The van der Waals surface area contributed by atoms with Crippen LogP contribution >= 0.6 is 0 Å². The molecule has 0 aliphatic carbocycles. The largest absolute Gasteiger partial charge is 0.356 e. The summed E-state index contributed by atoms with van der Waals surface area (Å²) >= 11 is 0. The normalized spacial score (nSPS) is 22.5. The fraction of sp³-hybridized carbons (Fsp3) is 0.857. The third-order valence-corrected chi connectivity index (χ3v) is 2.02. The highest BCUT2D eigenvalue weighted by molar-refractivity contribution is 5.46. The smallest absolute Gasteiger partial charge is 0.207 e. The van der Waals surface area contributed by atoms with Crippen molar-refractivity contribution in [2.45, 2.75) is 18.9 Å². The summed E-state index contributed by atoms with van der Waals surface area (Å²) in [6, 6.07) is 0.425. The number of nitrogens with zero attached hydrogens (tertiary/aromatic N) is 1. The lowest BCUT2D eigenvalue weighted by atomic mass is 10.1. The van der Waals surface area contributed by atoms with E-state index in [0.717, 1.165) is 32.3 Å². The molecule has 0 unspecified atom stereocenters. The number of rotatable bonds is 2. The molecule has 0 aromatic rings. The van der Waals surface area contributed by atoms with Crippen LogP contribution in [-0.2, 0) is 4.79 Å². The van der Waals surface area contributed by atoms with Crippen molar-refractivity contribution in [3.63, 3.8) is 0 Å². The first-order chi connectivity index (χ1) is 4.83. The molecule has 1 aliphatic heterocycles. The minimum atomic E-state index is 0.425. The number of amides is 1. The summed E-state index contributed by atoms with van der Waals surface area (Å²) in [5.41, 5.74) is 0. The van der Waals surface area contributed by atoms with Gasteiger partial charge in [-0.2, -0.15) is 0 Å². The summed E-state index contributed by atoms with van der Waals surface area (Å²) in [5.74, 6) is 0. The van der Waals surface area contributed by atoms with Crippen molar-refractivity contribution < 1.29 is 4.79 Å². The van der Waals surface area contributed by atoms with Gasteiger partial charge in [-0.25, -0.2) is 0 Å². The lowest BCUT2D eigenvalue weighted by molar-refractivity contribution is -0.110. The first-order valence-corrected chi connectivity index (χ1v) is 3.71. The number of piperidine rings is 1. The van der Waals surface area contributed by atoms with Gasteiger partial charge in [0.15, 0.2) is 0 Å². The Kier molecular flexibility index (Phi) is 2.68. The first-order valence-electron chi connectivity index (χ1n) is 3.71. The maximum absolute atomic E-state index is 10.0. The minimum absolute atomic E-state index is 0.425. The second kappa shape index (κ2) is 3.56. The van der Waals surface area contributed by atoms with Crippen molar-refractivity contribution in [1.82, 2.24) is 10.2 Å². The molecule has 0 spiro atoms. The first kappa shape index (κ1) is 7.54. The van der Waals surface area contributed by atoms with Crippen LogP contribution < -0.4 is 5.32 Å². The summed E-state index contributed by atoms with van der Waals surface area (Å²) < 4.78 is 0. The Morgan fingerprint density at radius 1 is 1.50 bits per heavy atom. The van der Waals surface area contributed by atoms with Crippen LogP contribution in [0.5, 0.6) is 0 Å². The van der Waals surface area contributed by atoms with Gasteiger partial charge in [0.25, 0.3) is 0 Å². The third kappa shape index (κ3) is 1.99. The van der Waals surface area contributed by atoms with E-state index in [-0.39, 0.29) is 0 Å². The summed E-state index contributed by atoms with van der Waals surface area (Å²) in [5, 5.41) is 2.80. The van der Waals surface area contributed by atoms with Crippen LogP contribution in [0.3, 0.4) is 0 Å². The Labute approximate surface area is 61.4 Å². The molecule has 0 aromatic carbocycles. The Morgan fingerprint density at radius 2 is 2.10 bits per heavy atom. The van der Waals surface area contributed by atoms with E-state index in [4.69, 9.17) is 0 Å². The van der Waals surface area contributed by atoms with Crippen molar-refractivity contribution in [1.29, 1.82) is 0 Å². The molecular formula is C7H14N2O. The van der Waals surface area contributed by atoms with Gasteiger partial charge in [-0.15, -0.1) is 0 Å². The Morgan fingerprint density at radius 3 is 2.60 bits per heavy atom. The van der Waals surface area contributed by atoms with Crippen LogP contribution in [0.1, 0.15) is 12.8 Å². The standard InChI is InChI=1S/C7H14N2O/c1-9-4-2-7(3-5-9)8-6-10/h6-7H,2-5H2,1H3,(H,8,10). The van der Waals surface area contributed by atoms with Crippen LogP contribution in [-0.4, -0.2) is 37.5 Å². The van der Waals surface area contributed by atoms with Gasteiger partial charge in [0, 0.05) is 6.04 Å². The minimum Gasteiger partial charge on any atom is -0.356 e. The molecule has 3 heteroatoms. The van der Waals surface area contributed by atoms with E-state index in [0.29, 0.717) is 6.04 Å². The molecule has 0 bridgehead atoms. The molecule has 0 aromatic heterocycles. The maximum Gasteiger partial charge on any atom is 0.207 e. The van der Waals surface area contributed by atoms with Crippen molar-refractivity contribution in [2.24, 2.45) is 0 Å². The van der Waals surface area contributed by atoms with Crippen molar-refractivity contribution >= 4 is 6.41 Å². The molecule has 10 heavy (non-hydrogen) atoms.